The van der Waals surface area contributed by atoms with E-state index in [-0.39, 0.29) is 9.94 Å². The second-order valence-electron chi connectivity index (χ2n) is 3.32. The molecule has 15 heavy (non-hydrogen) atoms. The molecule has 1 aromatic rings. The molecule has 1 aromatic carbocycles. The molecule has 0 aromatic heterocycles. The van der Waals surface area contributed by atoms with Crippen LogP contribution in [-0.4, -0.2) is 18.3 Å². The molecule has 0 saturated heterocycles. The first-order valence-electron chi connectivity index (χ1n) is 4.41. The van der Waals surface area contributed by atoms with Crippen molar-refractivity contribution < 1.29 is 13.2 Å². The first kappa shape index (κ1) is 11.6. The van der Waals surface area contributed by atoms with Crippen molar-refractivity contribution in [3.8, 4) is 0 Å². The Morgan fingerprint density at radius 2 is 1.93 bits per heavy atom. The first-order chi connectivity index (χ1) is 6.91. The summed E-state index contributed by atoms with van der Waals surface area (Å²) < 4.78 is 23.7. The van der Waals surface area contributed by atoms with Gasteiger partial charge in [-0.2, -0.15) is 4.79 Å². The van der Waals surface area contributed by atoms with Crippen molar-refractivity contribution in [3.05, 3.63) is 34.9 Å². The molecule has 0 radical (unpaired) electrons. The van der Waals surface area contributed by atoms with Crippen LogP contribution in [0.15, 0.2) is 23.1 Å². The van der Waals surface area contributed by atoms with Gasteiger partial charge in [0.05, 0.1) is 11.8 Å². The molecular formula is C10H12N2O2S. The predicted octanol–water partition coefficient (Wildman–Crippen LogP) is 1.73. The lowest BCUT2D eigenvalue weighted by Gasteiger charge is -2.05. The fourth-order valence-electron chi connectivity index (χ4n) is 1.23. The van der Waals surface area contributed by atoms with Crippen molar-refractivity contribution in [2.45, 2.75) is 25.7 Å². The van der Waals surface area contributed by atoms with E-state index in [2.05, 4.69) is 4.79 Å². The van der Waals surface area contributed by atoms with Gasteiger partial charge in [-0.25, -0.2) is 8.42 Å². The summed E-state index contributed by atoms with van der Waals surface area (Å²) in [4.78, 5) is 2.93. The Hall–Kier alpha value is -1.45. The Morgan fingerprint density at radius 1 is 1.33 bits per heavy atom. The zero-order chi connectivity index (χ0) is 11.6. The van der Waals surface area contributed by atoms with Gasteiger partial charge in [0.25, 0.3) is 9.84 Å². The van der Waals surface area contributed by atoms with Crippen LogP contribution in [0, 0.1) is 13.8 Å². The summed E-state index contributed by atoms with van der Waals surface area (Å²) in [5.74, 6) is 0. The Labute approximate surface area is 89.1 Å². The highest BCUT2D eigenvalue weighted by atomic mass is 32.2. The third-order valence-electron chi connectivity index (χ3n) is 2.37. The van der Waals surface area contributed by atoms with Crippen LogP contribution in [0.3, 0.4) is 0 Å². The van der Waals surface area contributed by atoms with Crippen LogP contribution in [0.25, 0.3) is 5.53 Å². The van der Waals surface area contributed by atoms with Crippen molar-refractivity contribution in [1.82, 2.24) is 0 Å². The number of benzene rings is 1. The molecule has 4 nitrogen and oxygen atoms in total. The zero-order valence-electron chi connectivity index (χ0n) is 8.85. The summed E-state index contributed by atoms with van der Waals surface area (Å²) >= 11 is 0. The summed E-state index contributed by atoms with van der Waals surface area (Å²) in [6.45, 7) is 4.82. The van der Waals surface area contributed by atoms with E-state index >= 15 is 0 Å². The number of nitrogens with zero attached hydrogens (tertiary/aromatic N) is 2. The van der Waals surface area contributed by atoms with Crippen LogP contribution in [0.1, 0.15) is 18.1 Å². The molecule has 0 fully saturated rings. The van der Waals surface area contributed by atoms with Crippen LogP contribution in [-0.2, 0) is 9.84 Å². The van der Waals surface area contributed by atoms with E-state index in [1.165, 1.54) is 13.0 Å². The van der Waals surface area contributed by atoms with Gasteiger partial charge >= 0.3 is 5.04 Å². The number of hydrogen-bond acceptors (Lipinski definition) is 2. The Kier molecular flexibility index (Phi) is 3.07. The lowest BCUT2D eigenvalue weighted by molar-refractivity contribution is -0.00111. The van der Waals surface area contributed by atoms with Crippen molar-refractivity contribution in [1.29, 1.82) is 0 Å². The molecule has 5 heteroatoms. The standard InChI is InChI=1S/C10H12N2O2S/c1-7-5-4-6-10(8(7)2)15(13,14)9(3)12-11/h4-6H,1-3H3. The van der Waals surface area contributed by atoms with Gasteiger partial charge in [0.15, 0.2) is 0 Å². The normalized spacial score (nSPS) is 10.9. The second-order valence-corrected chi connectivity index (χ2v) is 5.36. The molecule has 0 heterocycles. The van der Waals surface area contributed by atoms with E-state index in [1.807, 2.05) is 13.0 Å². The van der Waals surface area contributed by atoms with Crippen molar-refractivity contribution in [2.24, 2.45) is 0 Å². The maximum atomic E-state index is 11.8. The number of hydrogen-bond donors (Lipinski definition) is 0. The summed E-state index contributed by atoms with van der Waals surface area (Å²) in [6, 6.07) is 5.01. The predicted molar refractivity (Wildman–Crippen MR) is 57.4 cm³/mol. The van der Waals surface area contributed by atoms with Gasteiger partial charge in [0.1, 0.15) is 0 Å². The molecular weight excluding hydrogens is 212 g/mol. The Morgan fingerprint density at radius 3 is 2.47 bits per heavy atom. The van der Waals surface area contributed by atoms with E-state index in [1.54, 1.807) is 13.0 Å². The van der Waals surface area contributed by atoms with E-state index in [0.29, 0.717) is 5.56 Å². The quantitative estimate of drug-likeness (QED) is 0.315. The Balaban J connectivity index is 3.55. The molecule has 0 unspecified atom stereocenters. The maximum Gasteiger partial charge on any atom is 0.382 e. The van der Waals surface area contributed by atoms with Crippen LogP contribution < -0.4 is 0 Å². The third kappa shape index (κ3) is 1.98. The highest BCUT2D eigenvalue weighted by molar-refractivity contribution is 8.06. The van der Waals surface area contributed by atoms with Gasteiger partial charge in [-0.3, -0.25) is 0 Å². The van der Waals surface area contributed by atoms with Crippen LogP contribution >= 0.6 is 0 Å². The fourth-order valence-corrected chi connectivity index (χ4v) is 2.48. The topological polar surface area (TPSA) is 70.5 Å². The lowest BCUT2D eigenvalue weighted by atomic mass is 10.1. The van der Waals surface area contributed by atoms with Gasteiger partial charge in [-0.1, -0.05) is 12.1 Å². The minimum absolute atomic E-state index is 0.192. The maximum absolute atomic E-state index is 11.8. The van der Waals surface area contributed by atoms with Crippen molar-refractivity contribution >= 4 is 14.9 Å². The largest absolute Gasteiger partial charge is 0.382 e. The van der Waals surface area contributed by atoms with Crippen LogP contribution in [0.2, 0.25) is 0 Å². The zero-order valence-corrected chi connectivity index (χ0v) is 9.67. The molecule has 0 amide bonds. The molecule has 0 spiro atoms. The number of rotatable bonds is 1. The smallest absolute Gasteiger partial charge is 0.360 e. The number of aryl methyl sites for hydroxylation is 1. The number of sulfone groups is 1. The summed E-state index contributed by atoms with van der Waals surface area (Å²) in [5, 5.41) is -0.295. The van der Waals surface area contributed by atoms with E-state index < -0.39 is 9.84 Å². The molecule has 80 valence electrons. The molecule has 0 N–H and O–H groups in total. The van der Waals surface area contributed by atoms with Crippen molar-refractivity contribution in [3.63, 3.8) is 0 Å². The molecule has 0 atom stereocenters. The van der Waals surface area contributed by atoms with Gasteiger partial charge in [0.2, 0.25) is 0 Å². The first-order valence-corrected chi connectivity index (χ1v) is 5.89. The second kappa shape index (κ2) is 3.96. The average Bonchev–Trinajstić information content (AvgIpc) is 2.20. The van der Waals surface area contributed by atoms with Gasteiger partial charge in [-0.05, 0) is 31.0 Å². The SMILES string of the molecule is CC(=[N+]=[N-])S(=O)(=O)c1cccc(C)c1C. The van der Waals surface area contributed by atoms with Crippen LogP contribution in [0.4, 0.5) is 0 Å². The van der Waals surface area contributed by atoms with Crippen LogP contribution in [0.5, 0.6) is 0 Å². The molecule has 0 saturated carbocycles. The fraction of sp³-hybridized carbons (Fsp3) is 0.300. The minimum atomic E-state index is -3.64. The average molecular weight is 224 g/mol. The monoisotopic (exact) mass is 224 g/mol. The molecule has 0 bridgehead atoms. The third-order valence-corrected chi connectivity index (χ3v) is 4.25. The summed E-state index contributed by atoms with van der Waals surface area (Å²) in [7, 11) is -3.64. The highest BCUT2D eigenvalue weighted by Crippen LogP contribution is 2.19. The molecule has 1 rings (SSSR count). The van der Waals surface area contributed by atoms with Gasteiger partial charge < -0.3 is 5.53 Å². The van der Waals surface area contributed by atoms with Crippen molar-refractivity contribution in [2.75, 3.05) is 0 Å². The van der Waals surface area contributed by atoms with E-state index in [9.17, 15) is 8.42 Å². The summed E-state index contributed by atoms with van der Waals surface area (Å²) in [5.41, 5.74) is 10.1. The van der Waals surface area contributed by atoms with Gasteiger partial charge in [-0.15, -0.1) is 0 Å². The van der Waals surface area contributed by atoms with E-state index in [4.69, 9.17) is 5.53 Å². The molecule has 0 aliphatic rings. The molecule has 0 aliphatic carbocycles. The summed E-state index contributed by atoms with van der Waals surface area (Å²) in [6.07, 6.45) is 0. The minimum Gasteiger partial charge on any atom is -0.360 e. The Bertz CT molecular complexity index is 541. The highest BCUT2D eigenvalue weighted by Gasteiger charge is 2.27. The lowest BCUT2D eigenvalue weighted by Crippen LogP contribution is -2.14. The molecule has 0 aliphatic heterocycles. The van der Waals surface area contributed by atoms with E-state index in [0.717, 1.165) is 5.56 Å². The van der Waals surface area contributed by atoms with Gasteiger partial charge in [0, 0.05) is 0 Å².